The first-order chi connectivity index (χ1) is 12.3. The number of anilines is 1. The summed E-state index contributed by atoms with van der Waals surface area (Å²) in [6, 6.07) is 11.7. The number of halogens is 1. The van der Waals surface area contributed by atoms with E-state index in [1.165, 1.54) is 31.2 Å². The molecule has 0 fully saturated rings. The number of rotatable bonds is 7. The van der Waals surface area contributed by atoms with Crippen LogP contribution in [0.4, 0.5) is 11.4 Å². The second kappa shape index (κ2) is 8.82. The van der Waals surface area contributed by atoms with Crippen molar-refractivity contribution in [2.75, 3.05) is 11.9 Å². The van der Waals surface area contributed by atoms with Crippen molar-refractivity contribution in [3.63, 3.8) is 0 Å². The van der Waals surface area contributed by atoms with Crippen molar-refractivity contribution >= 4 is 34.9 Å². The fraction of sp³-hybridized carbons (Fsp3) is 0.176. The second-order valence-corrected chi connectivity index (χ2v) is 5.60. The van der Waals surface area contributed by atoms with Gasteiger partial charge in [-0.15, -0.1) is 0 Å². The third-order valence-electron chi connectivity index (χ3n) is 3.19. The minimum absolute atomic E-state index is 0.0904. The van der Waals surface area contributed by atoms with Crippen molar-refractivity contribution in [2.45, 2.75) is 13.0 Å². The topological polar surface area (TPSA) is 108 Å². The van der Waals surface area contributed by atoms with Gasteiger partial charge in [-0.25, -0.2) is 4.79 Å². The number of amides is 1. The molecule has 0 saturated carbocycles. The van der Waals surface area contributed by atoms with Crippen molar-refractivity contribution in [1.29, 1.82) is 0 Å². The molecule has 26 heavy (non-hydrogen) atoms. The lowest BCUT2D eigenvalue weighted by molar-refractivity contribution is -0.384. The molecular weight excluding hydrogens is 364 g/mol. The van der Waals surface area contributed by atoms with Crippen LogP contribution in [-0.4, -0.2) is 29.5 Å². The highest BCUT2D eigenvalue weighted by Gasteiger charge is 2.18. The van der Waals surface area contributed by atoms with Crippen LogP contribution in [0.1, 0.15) is 6.92 Å². The summed E-state index contributed by atoms with van der Waals surface area (Å²) in [7, 11) is 0. The lowest BCUT2D eigenvalue weighted by Crippen LogP contribution is -2.31. The second-order valence-electron chi connectivity index (χ2n) is 5.17. The summed E-state index contributed by atoms with van der Waals surface area (Å²) in [5.41, 5.74) is 0.428. The van der Waals surface area contributed by atoms with Crippen molar-refractivity contribution < 1.29 is 24.0 Å². The van der Waals surface area contributed by atoms with Crippen molar-refractivity contribution in [1.82, 2.24) is 0 Å². The molecule has 2 rings (SSSR count). The lowest BCUT2D eigenvalue weighted by Gasteiger charge is -2.14. The van der Waals surface area contributed by atoms with Gasteiger partial charge in [-0.2, -0.15) is 0 Å². The summed E-state index contributed by atoms with van der Waals surface area (Å²) in [5.74, 6) is -0.982. The highest BCUT2D eigenvalue weighted by molar-refractivity contribution is 6.30. The largest absolute Gasteiger partial charge is 0.482 e. The Morgan fingerprint density at radius 1 is 1.15 bits per heavy atom. The van der Waals surface area contributed by atoms with Gasteiger partial charge >= 0.3 is 5.97 Å². The van der Waals surface area contributed by atoms with Gasteiger partial charge in [0.05, 0.1) is 4.92 Å². The van der Waals surface area contributed by atoms with E-state index in [0.717, 1.165) is 0 Å². The first-order valence-corrected chi connectivity index (χ1v) is 7.86. The number of non-ortho nitro benzene ring substituents is 1. The third-order valence-corrected chi connectivity index (χ3v) is 3.45. The molecule has 0 heterocycles. The molecular formula is C17H15ClN2O6. The monoisotopic (exact) mass is 378 g/mol. The summed E-state index contributed by atoms with van der Waals surface area (Å²) in [6.45, 7) is 0.991. The van der Waals surface area contributed by atoms with Crippen LogP contribution in [0.3, 0.4) is 0 Å². The van der Waals surface area contributed by atoms with Crippen LogP contribution in [0.25, 0.3) is 0 Å². The first kappa shape index (κ1) is 19.2. The smallest absolute Gasteiger partial charge is 0.344 e. The number of nitrogens with zero attached hydrogens (tertiary/aromatic N) is 1. The Morgan fingerprint density at radius 3 is 2.35 bits per heavy atom. The number of carbonyl (C=O) groups excluding carboxylic acids is 2. The Bertz CT molecular complexity index is 792. The normalized spacial score (nSPS) is 11.3. The summed E-state index contributed by atoms with van der Waals surface area (Å²) in [5, 5.41) is 13.7. The molecule has 0 aromatic heterocycles. The number of hydrogen-bond acceptors (Lipinski definition) is 6. The predicted molar refractivity (Wildman–Crippen MR) is 94.2 cm³/mol. The van der Waals surface area contributed by atoms with Crippen molar-refractivity contribution in [3.05, 3.63) is 63.7 Å². The van der Waals surface area contributed by atoms with E-state index in [4.69, 9.17) is 21.1 Å². The van der Waals surface area contributed by atoms with Gasteiger partial charge in [-0.1, -0.05) is 11.6 Å². The summed E-state index contributed by atoms with van der Waals surface area (Å²) in [6.07, 6.45) is -1.03. The average molecular weight is 379 g/mol. The Balaban J connectivity index is 1.79. The zero-order chi connectivity index (χ0) is 19.1. The molecule has 0 bridgehead atoms. The zero-order valence-electron chi connectivity index (χ0n) is 13.7. The molecule has 0 aliphatic carbocycles. The third kappa shape index (κ3) is 5.75. The van der Waals surface area contributed by atoms with E-state index >= 15 is 0 Å². The Kier molecular flexibility index (Phi) is 6.51. The van der Waals surface area contributed by atoms with Crippen LogP contribution in [0.5, 0.6) is 5.75 Å². The number of esters is 1. The highest BCUT2D eigenvalue weighted by atomic mass is 35.5. The molecule has 136 valence electrons. The average Bonchev–Trinajstić information content (AvgIpc) is 2.62. The van der Waals surface area contributed by atoms with Crippen molar-refractivity contribution in [3.8, 4) is 5.75 Å². The molecule has 8 nitrogen and oxygen atoms in total. The summed E-state index contributed by atoms with van der Waals surface area (Å²) in [4.78, 5) is 33.7. The van der Waals surface area contributed by atoms with E-state index in [1.54, 1.807) is 24.3 Å². The van der Waals surface area contributed by atoms with E-state index < -0.39 is 29.5 Å². The van der Waals surface area contributed by atoms with Crippen molar-refractivity contribution in [2.24, 2.45) is 0 Å². The molecule has 0 aliphatic rings. The Labute approximate surface area is 153 Å². The van der Waals surface area contributed by atoms with E-state index in [1.807, 2.05) is 0 Å². The standard InChI is InChI=1S/C17H15ClN2O6/c1-11(17(22)19-13-4-2-12(18)3-5-13)26-16(21)10-25-15-8-6-14(7-9-15)20(23)24/h2-9,11H,10H2,1H3,(H,19,22)/t11-/m1/s1. The van der Waals surface area contributed by atoms with E-state index in [9.17, 15) is 19.7 Å². The molecule has 1 N–H and O–H groups in total. The lowest BCUT2D eigenvalue weighted by atomic mass is 10.3. The number of nitro benzene ring substituents is 1. The van der Waals surface area contributed by atoms with Gasteiger partial charge in [0, 0.05) is 22.8 Å². The maximum atomic E-state index is 12.0. The Hall–Kier alpha value is -3.13. The van der Waals surface area contributed by atoms with Crippen LogP contribution >= 0.6 is 11.6 Å². The maximum Gasteiger partial charge on any atom is 0.344 e. The molecule has 0 spiro atoms. The van der Waals surface area contributed by atoms with Gasteiger partial charge in [0.2, 0.25) is 0 Å². The van der Waals surface area contributed by atoms with E-state index in [2.05, 4.69) is 5.32 Å². The molecule has 9 heteroatoms. The van der Waals surface area contributed by atoms with Gasteiger partial charge in [0.15, 0.2) is 12.7 Å². The van der Waals surface area contributed by atoms with Gasteiger partial charge in [-0.05, 0) is 43.3 Å². The Morgan fingerprint density at radius 2 is 1.77 bits per heavy atom. The molecule has 2 aromatic rings. The molecule has 1 amide bonds. The van der Waals surface area contributed by atoms with Crippen LogP contribution in [0.15, 0.2) is 48.5 Å². The van der Waals surface area contributed by atoms with Crippen LogP contribution < -0.4 is 10.1 Å². The predicted octanol–water partition coefficient (Wildman–Crippen LogP) is 3.20. The number of carbonyl (C=O) groups is 2. The minimum Gasteiger partial charge on any atom is -0.482 e. The van der Waals surface area contributed by atoms with Gasteiger partial charge < -0.3 is 14.8 Å². The number of hydrogen-bond donors (Lipinski definition) is 1. The summed E-state index contributed by atoms with van der Waals surface area (Å²) >= 11 is 5.76. The fourth-order valence-corrected chi connectivity index (χ4v) is 1.99. The number of nitrogens with one attached hydrogen (secondary N) is 1. The first-order valence-electron chi connectivity index (χ1n) is 7.48. The molecule has 0 saturated heterocycles. The number of benzene rings is 2. The SMILES string of the molecule is C[C@@H](OC(=O)COc1ccc([N+](=O)[O-])cc1)C(=O)Nc1ccc(Cl)cc1. The fourth-order valence-electron chi connectivity index (χ4n) is 1.87. The molecule has 0 unspecified atom stereocenters. The van der Waals surface area contributed by atoms with Crippen LogP contribution in [0.2, 0.25) is 5.02 Å². The molecule has 2 aromatic carbocycles. The molecule has 0 radical (unpaired) electrons. The number of ether oxygens (including phenoxy) is 2. The molecule has 0 aliphatic heterocycles. The highest BCUT2D eigenvalue weighted by Crippen LogP contribution is 2.17. The number of nitro groups is 1. The maximum absolute atomic E-state index is 12.0. The van der Waals surface area contributed by atoms with Gasteiger partial charge in [0.25, 0.3) is 11.6 Å². The van der Waals surface area contributed by atoms with Gasteiger partial charge in [0.1, 0.15) is 5.75 Å². The van der Waals surface area contributed by atoms with E-state index in [0.29, 0.717) is 10.7 Å². The molecule has 1 atom stereocenters. The minimum atomic E-state index is -1.03. The van der Waals surface area contributed by atoms with Gasteiger partial charge in [-0.3, -0.25) is 14.9 Å². The van der Waals surface area contributed by atoms with Crippen LogP contribution in [0, 0.1) is 10.1 Å². The van der Waals surface area contributed by atoms with E-state index in [-0.39, 0.29) is 11.4 Å². The quantitative estimate of drug-likeness (QED) is 0.450. The summed E-state index contributed by atoms with van der Waals surface area (Å²) < 4.78 is 10.2. The zero-order valence-corrected chi connectivity index (χ0v) is 14.4. The van der Waals surface area contributed by atoms with Crippen LogP contribution in [-0.2, 0) is 14.3 Å².